The Morgan fingerprint density at radius 1 is 1.28 bits per heavy atom. The van der Waals surface area contributed by atoms with E-state index in [1.165, 1.54) is 16.5 Å². The van der Waals surface area contributed by atoms with Crippen molar-refractivity contribution < 1.29 is 27.1 Å². The average Bonchev–Trinajstić information content (AvgIpc) is 3.22. The zero-order chi connectivity index (χ0) is 26.2. The molecule has 0 radical (unpaired) electrons. The van der Waals surface area contributed by atoms with E-state index < -0.39 is 19.3 Å². The quantitative estimate of drug-likeness (QED) is 0.109. The summed E-state index contributed by atoms with van der Waals surface area (Å²) in [5.41, 5.74) is 3.24. The summed E-state index contributed by atoms with van der Waals surface area (Å²) >= 11 is -0.0588. The molecule has 0 saturated heterocycles. The molecule has 12 heteroatoms. The minimum absolute atomic E-state index is 0.144. The van der Waals surface area contributed by atoms with E-state index in [-0.39, 0.29) is 12.5 Å². The molecule has 0 spiro atoms. The van der Waals surface area contributed by atoms with Gasteiger partial charge in [0.05, 0.1) is 23.2 Å². The van der Waals surface area contributed by atoms with E-state index in [2.05, 4.69) is 39.8 Å². The Bertz CT molecular complexity index is 1250. The van der Waals surface area contributed by atoms with Crippen molar-refractivity contribution >= 4 is 58.9 Å². The zero-order valence-electron chi connectivity index (χ0n) is 20.5. The molecule has 2 atom stereocenters. The summed E-state index contributed by atoms with van der Waals surface area (Å²) in [6.07, 6.45) is 3.07. The molecule has 1 aromatic carbocycles. The monoisotopic (exact) mass is 646 g/mol. The van der Waals surface area contributed by atoms with Crippen molar-refractivity contribution in [2.75, 3.05) is 26.9 Å². The molecule has 2 heterocycles. The van der Waals surface area contributed by atoms with Gasteiger partial charge in [0.2, 0.25) is 17.0 Å². The van der Waals surface area contributed by atoms with E-state index in [0.717, 1.165) is 28.4 Å². The van der Waals surface area contributed by atoms with E-state index in [0.29, 0.717) is 47.7 Å². The van der Waals surface area contributed by atoms with Crippen LogP contribution in [0, 0.1) is 3.57 Å². The molecule has 3 aromatic rings. The minimum Gasteiger partial charge on any atom is -0.437 e. The molecule has 36 heavy (non-hydrogen) atoms. The van der Waals surface area contributed by atoms with Gasteiger partial charge in [-0.25, -0.2) is 9.19 Å². The number of carbonyl (C=O) groups excluding carboxylic acids is 1. The van der Waals surface area contributed by atoms with Crippen LogP contribution >= 0.6 is 30.6 Å². The van der Waals surface area contributed by atoms with Gasteiger partial charge in [-0.3, -0.25) is 9.35 Å². The van der Waals surface area contributed by atoms with Crippen LogP contribution in [0.15, 0.2) is 34.7 Å². The van der Waals surface area contributed by atoms with Crippen LogP contribution in [-0.2, 0) is 33.3 Å². The topological polar surface area (TPSA) is 122 Å². The van der Waals surface area contributed by atoms with Gasteiger partial charge < -0.3 is 9.73 Å². The highest BCUT2D eigenvalue weighted by molar-refractivity contribution is 14.1. The largest absolute Gasteiger partial charge is 0.504 e. The highest BCUT2D eigenvalue weighted by Crippen LogP contribution is 2.34. The van der Waals surface area contributed by atoms with Crippen molar-refractivity contribution in [2.24, 2.45) is 0 Å². The number of fused-ring (bicyclic) bond motifs is 1. The zero-order valence-corrected chi connectivity index (χ0v) is 24.3. The Hall–Kier alpha value is -1.76. The number of unbranched alkanes of at least 4 members (excludes halogenated alkanes) is 2. The highest BCUT2D eigenvalue weighted by Gasteiger charge is 2.24. The number of aromatic nitrogens is 1. The highest BCUT2D eigenvalue weighted by atomic mass is 127. The Kier molecular flexibility index (Phi) is 11.0. The molecule has 2 N–H and O–H groups in total. The predicted molar refractivity (Wildman–Crippen MR) is 149 cm³/mol. The molecule has 0 fully saturated rings. The van der Waals surface area contributed by atoms with E-state index in [1.54, 1.807) is 7.05 Å². The van der Waals surface area contributed by atoms with Crippen molar-refractivity contribution in [1.82, 2.24) is 14.6 Å². The first-order valence-electron chi connectivity index (χ1n) is 11.6. The summed E-state index contributed by atoms with van der Waals surface area (Å²) in [7, 11) is -0.0415. The lowest BCUT2D eigenvalue weighted by Crippen LogP contribution is -2.27. The van der Waals surface area contributed by atoms with Gasteiger partial charge in [-0.1, -0.05) is 31.2 Å². The standard InChI is InChI=1S/C24H29IN3O6PS/c1-4-16-8-10-17(11-9-16)22-21(23(29)26-2)18-14-19(25)20(27-24(18)34-22)15-28(36(31)32)12-6-5-7-13-33-35(3)30/h8-11,14H,4-7,12-13,15H2,1-3H3,(H-,26,29,31,32)/p+1. The molecule has 0 aliphatic heterocycles. The Morgan fingerprint density at radius 2 is 2.00 bits per heavy atom. The number of benzene rings is 1. The van der Waals surface area contributed by atoms with Crippen molar-refractivity contribution in [3.63, 3.8) is 0 Å². The molecule has 9 nitrogen and oxygen atoms in total. The summed E-state index contributed by atoms with van der Waals surface area (Å²) < 4.78 is 46.1. The number of hydrogen-bond acceptors (Lipinski definition) is 6. The second-order valence-corrected chi connectivity index (χ2v) is 11.4. The van der Waals surface area contributed by atoms with Crippen LogP contribution in [0.3, 0.4) is 0 Å². The molecule has 194 valence electrons. The fraction of sp³-hybridized carbons (Fsp3) is 0.417. The van der Waals surface area contributed by atoms with Crippen molar-refractivity contribution in [1.29, 1.82) is 0 Å². The van der Waals surface area contributed by atoms with E-state index in [4.69, 9.17) is 8.94 Å². The van der Waals surface area contributed by atoms with Crippen molar-refractivity contribution in [3.8, 4) is 11.3 Å². The van der Waals surface area contributed by atoms with Crippen molar-refractivity contribution in [3.05, 3.63) is 50.7 Å². The lowest BCUT2D eigenvalue weighted by Gasteiger charge is -2.17. The summed E-state index contributed by atoms with van der Waals surface area (Å²) in [5, 5.41) is 3.27. The number of amides is 1. The number of halogens is 1. The number of pyridine rings is 1. The molecule has 0 bridgehead atoms. The maximum absolute atomic E-state index is 12.8. The maximum Gasteiger partial charge on any atom is 0.504 e. The molecule has 3 rings (SSSR count). The molecule has 0 saturated carbocycles. The molecule has 2 aromatic heterocycles. The molecule has 1 amide bonds. The third kappa shape index (κ3) is 7.39. The second-order valence-electron chi connectivity index (χ2n) is 8.13. The SMILES string of the molecule is CCc1ccc(-c2oc3nc(CN(CCCCCO[P+](C)=O)S(=O)O)c(I)cc3c2C(=O)NC)cc1. The van der Waals surface area contributed by atoms with Gasteiger partial charge in [-0.15, -0.1) is 4.52 Å². The van der Waals surface area contributed by atoms with Gasteiger partial charge >= 0.3 is 8.03 Å². The van der Waals surface area contributed by atoms with Gasteiger partial charge in [0.1, 0.15) is 12.4 Å². The van der Waals surface area contributed by atoms with Crippen LogP contribution in [0.1, 0.15) is 47.8 Å². The summed E-state index contributed by atoms with van der Waals surface area (Å²) in [5.74, 6) is 0.162. The molecule has 2 unspecified atom stereocenters. The van der Waals surface area contributed by atoms with Crippen LogP contribution in [0.4, 0.5) is 0 Å². The first-order chi connectivity index (χ1) is 17.2. The maximum atomic E-state index is 12.8. The minimum atomic E-state index is -2.18. The van der Waals surface area contributed by atoms with Crippen LogP contribution in [0.2, 0.25) is 0 Å². The predicted octanol–water partition coefficient (Wildman–Crippen LogP) is 5.52. The van der Waals surface area contributed by atoms with E-state index in [9.17, 15) is 18.1 Å². The van der Waals surface area contributed by atoms with Crippen LogP contribution in [-0.4, -0.2) is 50.8 Å². The lowest BCUT2D eigenvalue weighted by atomic mass is 10.0. The van der Waals surface area contributed by atoms with Gasteiger partial charge in [0.25, 0.3) is 5.91 Å². The third-order valence-electron chi connectivity index (χ3n) is 5.66. The molecule has 0 aliphatic carbocycles. The smallest absolute Gasteiger partial charge is 0.437 e. The van der Waals surface area contributed by atoms with Gasteiger partial charge in [-0.05, 0) is 64.5 Å². The fourth-order valence-corrected chi connectivity index (χ4v) is 5.24. The lowest BCUT2D eigenvalue weighted by molar-refractivity contribution is 0.0964. The van der Waals surface area contributed by atoms with E-state index >= 15 is 0 Å². The second kappa shape index (κ2) is 13.7. The molecular weight excluding hydrogens is 616 g/mol. The van der Waals surface area contributed by atoms with Crippen LogP contribution < -0.4 is 5.32 Å². The first kappa shape index (κ1) is 28.8. The molecule has 0 aliphatic rings. The van der Waals surface area contributed by atoms with E-state index in [1.807, 2.05) is 30.3 Å². The Balaban J connectivity index is 1.86. The Labute approximate surface area is 227 Å². The average molecular weight is 646 g/mol. The number of nitrogens with one attached hydrogen (secondary N) is 1. The van der Waals surface area contributed by atoms with Gasteiger partial charge in [0, 0.05) is 22.7 Å². The number of furan rings is 1. The number of nitrogens with zero attached hydrogens (tertiary/aromatic N) is 2. The fourth-order valence-electron chi connectivity index (χ4n) is 3.73. The molecular formula is C24H30IN3O6PS+. The third-order valence-corrected chi connectivity index (χ3v) is 7.89. The Morgan fingerprint density at radius 3 is 2.61 bits per heavy atom. The number of hydrogen-bond donors (Lipinski definition) is 2. The normalized spacial score (nSPS) is 12.8. The first-order valence-corrected chi connectivity index (χ1v) is 15.3. The summed E-state index contributed by atoms with van der Waals surface area (Å²) in [4.78, 5) is 17.4. The van der Waals surface area contributed by atoms with Gasteiger partial charge in [-0.2, -0.15) is 4.31 Å². The van der Waals surface area contributed by atoms with Crippen molar-refractivity contribution in [2.45, 2.75) is 39.2 Å². The number of rotatable bonds is 13. The summed E-state index contributed by atoms with van der Waals surface area (Å²) in [6, 6.07) is 9.69. The number of carbonyl (C=O) groups is 1. The number of aryl methyl sites for hydroxylation is 1. The van der Waals surface area contributed by atoms with Crippen LogP contribution in [0.5, 0.6) is 0 Å². The van der Waals surface area contributed by atoms with Crippen LogP contribution in [0.25, 0.3) is 22.4 Å². The van der Waals surface area contributed by atoms with Gasteiger partial charge in [0.15, 0.2) is 6.66 Å². The summed E-state index contributed by atoms with van der Waals surface area (Å²) in [6.45, 7) is 4.52.